The van der Waals surface area contributed by atoms with Gasteiger partial charge in [-0.3, -0.25) is 0 Å². The molecule has 4 N–H and O–H groups in total. The normalized spacial score (nSPS) is 27.2. The Hall–Kier alpha value is -0.660. The zero-order valence-electron chi connectivity index (χ0n) is 9.54. The lowest BCUT2D eigenvalue weighted by Gasteiger charge is -2.02. The van der Waals surface area contributed by atoms with E-state index >= 15 is 0 Å². The molecule has 0 aliphatic carbocycles. The van der Waals surface area contributed by atoms with Crippen LogP contribution in [-0.4, -0.2) is 58.7 Å². The molecule has 0 saturated carbocycles. The quantitative estimate of drug-likeness (QED) is 0.495. The Morgan fingerprint density at radius 2 is 2.12 bits per heavy atom. The van der Waals surface area contributed by atoms with Crippen LogP contribution in [0.15, 0.2) is 11.8 Å². The zero-order valence-corrected chi connectivity index (χ0v) is 9.54. The van der Waals surface area contributed by atoms with E-state index < -0.39 is 12.7 Å². The monoisotopic (exact) mass is 236 g/mol. The lowest BCUT2D eigenvalue weighted by Crippen LogP contribution is -2.14. The van der Waals surface area contributed by atoms with Gasteiger partial charge in [0.05, 0.1) is 19.8 Å². The number of hydrogen-bond donors (Lipinski definition) is 4. The number of aliphatic hydroxyl groups is 4. The molecule has 0 amide bonds. The average molecular weight is 236 g/mol. The van der Waals surface area contributed by atoms with E-state index in [1.165, 1.54) is 6.08 Å². The van der Waals surface area contributed by atoms with Gasteiger partial charge in [0.2, 0.25) is 0 Å². The molecule has 16 heavy (non-hydrogen) atoms. The van der Waals surface area contributed by atoms with Gasteiger partial charge in [0.15, 0.2) is 6.29 Å². The van der Waals surface area contributed by atoms with Crippen LogP contribution >= 0.6 is 0 Å². The minimum absolute atomic E-state index is 0.0599. The van der Waals surface area contributed by atoms with Crippen LogP contribution in [0.1, 0.15) is 13.8 Å². The predicted molar refractivity (Wildman–Crippen MR) is 56.9 cm³/mol. The molecule has 0 radical (unpaired) electrons. The Labute approximate surface area is 94.7 Å². The molecule has 1 aliphatic heterocycles. The summed E-state index contributed by atoms with van der Waals surface area (Å²) in [5, 5.41) is 33.8. The molecule has 0 aromatic heterocycles. The molecule has 0 bridgehead atoms. The summed E-state index contributed by atoms with van der Waals surface area (Å²) in [7, 11) is 0. The third-order valence-electron chi connectivity index (χ3n) is 1.91. The Bertz CT molecular complexity index is 205. The summed E-state index contributed by atoms with van der Waals surface area (Å²) in [4.78, 5) is 0. The molecule has 96 valence electrons. The van der Waals surface area contributed by atoms with Gasteiger partial charge in [-0.05, 0) is 19.9 Å². The molecule has 1 aliphatic rings. The molecule has 3 unspecified atom stereocenters. The van der Waals surface area contributed by atoms with Crippen molar-refractivity contribution in [2.24, 2.45) is 0 Å². The van der Waals surface area contributed by atoms with Crippen LogP contribution in [0.4, 0.5) is 0 Å². The molecule has 0 spiro atoms. The smallest absolute Gasteiger partial charge is 0.155 e. The van der Waals surface area contributed by atoms with E-state index in [-0.39, 0.29) is 24.8 Å². The molecule has 1 fully saturated rings. The van der Waals surface area contributed by atoms with Crippen molar-refractivity contribution in [3.63, 3.8) is 0 Å². The molecular weight excluding hydrogens is 216 g/mol. The second-order valence-corrected chi connectivity index (χ2v) is 3.25. The largest absolute Gasteiger partial charge is 0.510 e. The highest BCUT2D eigenvalue weighted by molar-refractivity contribution is 4.94. The van der Waals surface area contributed by atoms with Crippen molar-refractivity contribution in [3.8, 4) is 0 Å². The van der Waals surface area contributed by atoms with Crippen molar-refractivity contribution in [1.82, 2.24) is 0 Å². The number of ether oxygens (including phenoxy) is 2. The van der Waals surface area contributed by atoms with Gasteiger partial charge in [-0.2, -0.15) is 0 Å². The van der Waals surface area contributed by atoms with Crippen LogP contribution in [0.2, 0.25) is 0 Å². The van der Waals surface area contributed by atoms with E-state index in [0.29, 0.717) is 6.61 Å². The number of rotatable bonds is 3. The topological polar surface area (TPSA) is 99.4 Å². The lowest BCUT2D eigenvalue weighted by atomic mass is 10.3. The van der Waals surface area contributed by atoms with Gasteiger partial charge in [-0.25, -0.2) is 0 Å². The van der Waals surface area contributed by atoms with Crippen LogP contribution in [-0.2, 0) is 9.47 Å². The van der Waals surface area contributed by atoms with Crippen molar-refractivity contribution >= 4 is 0 Å². The van der Waals surface area contributed by atoms with Gasteiger partial charge >= 0.3 is 0 Å². The molecule has 6 heteroatoms. The Kier molecular flexibility index (Phi) is 8.14. The molecule has 3 atom stereocenters. The number of aliphatic hydroxyl groups excluding tert-OH is 4. The number of allylic oxidation sites excluding steroid dienone is 1. The molecule has 1 saturated heterocycles. The van der Waals surface area contributed by atoms with E-state index in [0.717, 1.165) is 0 Å². The summed E-state index contributed by atoms with van der Waals surface area (Å²) in [5.41, 5.74) is 0. The maximum Gasteiger partial charge on any atom is 0.155 e. The van der Waals surface area contributed by atoms with Crippen molar-refractivity contribution in [1.29, 1.82) is 0 Å². The first-order chi connectivity index (χ1) is 7.54. The second kappa shape index (κ2) is 8.49. The highest BCUT2D eigenvalue weighted by atomic mass is 16.7. The number of hydrogen-bond acceptors (Lipinski definition) is 6. The van der Waals surface area contributed by atoms with Crippen LogP contribution in [0, 0.1) is 0 Å². The third-order valence-corrected chi connectivity index (χ3v) is 1.91. The minimum atomic E-state index is -1.11. The third kappa shape index (κ3) is 6.04. The Morgan fingerprint density at radius 1 is 1.50 bits per heavy atom. The van der Waals surface area contributed by atoms with E-state index in [2.05, 4.69) is 0 Å². The van der Waals surface area contributed by atoms with Gasteiger partial charge in [-0.15, -0.1) is 0 Å². The van der Waals surface area contributed by atoms with Crippen LogP contribution in [0.5, 0.6) is 0 Å². The lowest BCUT2D eigenvalue weighted by molar-refractivity contribution is -0.0505. The van der Waals surface area contributed by atoms with Crippen molar-refractivity contribution in [2.75, 3.05) is 19.8 Å². The standard InChI is InChI=1S/2C5H10O3/c1-4-7-3-5(2-6)8-4;1-2-4(7)5(8)3-6/h4-6H,2-3H2,1H3;2,5-8H,3H2,1H3. The molecular formula is C10H20O6. The maximum absolute atomic E-state index is 8.58. The molecule has 0 aromatic rings. The predicted octanol–water partition coefficient (Wildman–Crippen LogP) is -0.459. The summed E-state index contributed by atoms with van der Waals surface area (Å²) < 4.78 is 10.0. The second-order valence-electron chi connectivity index (χ2n) is 3.25. The fraction of sp³-hybridized carbons (Fsp3) is 0.800. The zero-order chi connectivity index (χ0) is 12.6. The van der Waals surface area contributed by atoms with Gasteiger partial charge in [-0.1, -0.05) is 0 Å². The van der Waals surface area contributed by atoms with Gasteiger partial charge in [0, 0.05) is 0 Å². The van der Waals surface area contributed by atoms with E-state index in [1.54, 1.807) is 6.92 Å². The molecule has 1 heterocycles. The average Bonchev–Trinajstić information content (AvgIpc) is 2.73. The summed E-state index contributed by atoms with van der Waals surface area (Å²) in [6.07, 6.45) is -0.00176. The van der Waals surface area contributed by atoms with Crippen LogP contribution in [0.25, 0.3) is 0 Å². The summed E-state index contributed by atoms with van der Waals surface area (Å²) in [6, 6.07) is 0. The maximum atomic E-state index is 8.58. The van der Waals surface area contributed by atoms with Gasteiger partial charge < -0.3 is 29.9 Å². The van der Waals surface area contributed by atoms with E-state index in [9.17, 15) is 0 Å². The summed E-state index contributed by atoms with van der Waals surface area (Å²) in [6.45, 7) is 3.54. The Balaban J connectivity index is 0.000000281. The first kappa shape index (κ1) is 15.3. The SMILES string of the molecule is CC1OCC(CO)O1.CC=C(O)C(O)CO. The highest BCUT2D eigenvalue weighted by Crippen LogP contribution is 2.08. The fourth-order valence-electron chi connectivity index (χ4n) is 0.974. The van der Waals surface area contributed by atoms with Crippen molar-refractivity contribution < 1.29 is 29.9 Å². The van der Waals surface area contributed by atoms with E-state index in [4.69, 9.17) is 29.9 Å². The molecule has 6 nitrogen and oxygen atoms in total. The van der Waals surface area contributed by atoms with E-state index in [1.807, 2.05) is 6.92 Å². The minimum Gasteiger partial charge on any atom is -0.510 e. The van der Waals surface area contributed by atoms with Crippen LogP contribution < -0.4 is 0 Å². The van der Waals surface area contributed by atoms with Gasteiger partial charge in [0.1, 0.15) is 18.0 Å². The fourth-order valence-corrected chi connectivity index (χ4v) is 0.974. The van der Waals surface area contributed by atoms with Gasteiger partial charge in [0.25, 0.3) is 0 Å². The summed E-state index contributed by atoms with van der Waals surface area (Å²) >= 11 is 0. The first-order valence-electron chi connectivity index (χ1n) is 5.07. The van der Waals surface area contributed by atoms with Crippen molar-refractivity contribution in [2.45, 2.75) is 32.3 Å². The molecule has 0 aromatic carbocycles. The van der Waals surface area contributed by atoms with Crippen molar-refractivity contribution in [3.05, 3.63) is 11.8 Å². The Morgan fingerprint density at radius 3 is 2.31 bits per heavy atom. The first-order valence-corrected chi connectivity index (χ1v) is 5.07. The summed E-state index contributed by atoms with van der Waals surface area (Å²) in [5.74, 6) is -0.187. The van der Waals surface area contributed by atoms with Crippen LogP contribution in [0.3, 0.4) is 0 Å². The molecule has 1 rings (SSSR count). The highest BCUT2D eigenvalue weighted by Gasteiger charge is 2.20.